The average Bonchev–Trinajstić information content (AvgIpc) is 3.03. The van der Waals surface area contributed by atoms with E-state index in [1.165, 1.54) is 29.7 Å². The Kier molecular flexibility index (Phi) is 4.65. The van der Waals surface area contributed by atoms with Crippen LogP contribution in [0.3, 0.4) is 0 Å². The summed E-state index contributed by atoms with van der Waals surface area (Å²) in [5.41, 5.74) is 8.19. The maximum absolute atomic E-state index is 5.93. The topological polar surface area (TPSA) is 38.5 Å². The second-order valence-corrected chi connectivity index (χ2v) is 5.39. The van der Waals surface area contributed by atoms with Gasteiger partial charge in [-0.05, 0) is 43.0 Å². The van der Waals surface area contributed by atoms with Gasteiger partial charge in [0.15, 0.2) is 5.60 Å². The Balaban J connectivity index is 2.12. The maximum atomic E-state index is 5.93. The molecule has 2 rings (SSSR count). The highest BCUT2D eigenvalue weighted by Gasteiger charge is 2.50. The number of epoxide rings is 1. The smallest absolute Gasteiger partial charge is 0.165 e. The van der Waals surface area contributed by atoms with Crippen molar-refractivity contribution < 1.29 is 4.74 Å². The minimum absolute atomic E-state index is 0.0490. The van der Waals surface area contributed by atoms with Gasteiger partial charge in [-0.3, -0.25) is 0 Å². The van der Waals surface area contributed by atoms with Crippen LogP contribution < -0.4 is 5.73 Å². The van der Waals surface area contributed by atoms with Crippen LogP contribution >= 0.6 is 0 Å². The second kappa shape index (κ2) is 6.25. The van der Waals surface area contributed by atoms with E-state index in [0.29, 0.717) is 6.54 Å². The largest absolute Gasteiger partial charge is 0.479 e. The van der Waals surface area contributed by atoms with Crippen molar-refractivity contribution in [1.29, 1.82) is 0 Å². The molecule has 19 heavy (non-hydrogen) atoms. The van der Waals surface area contributed by atoms with Gasteiger partial charge in [0.1, 0.15) is 5.76 Å². The molecule has 1 aliphatic rings. The minimum Gasteiger partial charge on any atom is -0.479 e. The zero-order valence-corrected chi connectivity index (χ0v) is 12.1. The van der Waals surface area contributed by atoms with E-state index >= 15 is 0 Å². The Hall–Kier alpha value is -1.28. The van der Waals surface area contributed by atoms with Gasteiger partial charge < -0.3 is 10.5 Å². The summed E-state index contributed by atoms with van der Waals surface area (Å²) >= 11 is 0. The molecule has 0 aromatic heterocycles. The van der Waals surface area contributed by atoms with E-state index in [-0.39, 0.29) is 5.60 Å². The molecule has 0 aliphatic carbocycles. The van der Waals surface area contributed by atoms with Crippen LogP contribution in [0.1, 0.15) is 50.7 Å². The van der Waals surface area contributed by atoms with Crippen molar-refractivity contribution in [2.24, 2.45) is 5.73 Å². The normalized spacial score (nSPS) is 18.4. The number of rotatable bonds is 7. The highest BCUT2D eigenvalue weighted by atomic mass is 16.6. The average molecular weight is 259 g/mol. The standard InChI is InChI=1S/C17H25NO/c1-3-9-17(10-4-2)16(19-17)13-15-7-5-6-14(12-15)8-11-18/h5-7,12-13H,3-4,8-11,18H2,1-2H3. The minimum atomic E-state index is 0.0490. The summed E-state index contributed by atoms with van der Waals surface area (Å²) in [6, 6.07) is 8.58. The van der Waals surface area contributed by atoms with E-state index < -0.39 is 0 Å². The summed E-state index contributed by atoms with van der Waals surface area (Å²) in [6.07, 6.45) is 7.75. The van der Waals surface area contributed by atoms with Gasteiger partial charge in [-0.25, -0.2) is 0 Å². The van der Waals surface area contributed by atoms with Crippen molar-refractivity contribution in [1.82, 2.24) is 0 Å². The molecule has 2 N–H and O–H groups in total. The van der Waals surface area contributed by atoms with Crippen LogP contribution in [0.5, 0.6) is 0 Å². The van der Waals surface area contributed by atoms with Gasteiger partial charge >= 0.3 is 0 Å². The molecule has 1 fully saturated rings. The van der Waals surface area contributed by atoms with Crippen molar-refractivity contribution >= 4 is 6.08 Å². The third-order valence-corrected chi connectivity index (χ3v) is 3.70. The SMILES string of the molecule is CCCC1(CCC)OC1=Cc1cccc(CCN)c1. The molecule has 1 aliphatic heterocycles. The molecular formula is C17H25NO. The highest BCUT2D eigenvalue weighted by molar-refractivity contribution is 5.58. The van der Waals surface area contributed by atoms with Gasteiger partial charge in [-0.1, -0.05) is 51.0 Å². The van der Waals surface area contributed by atoms with Gasteiger partial charge in [0.2, 0.25) is 0 Å². The third-order valence-electron chi connectivity index (χ3n) is 3.70. The number of ether oxygens (including phenoxy) is 1. The first-order valence-corrected chi connectivity index (χ1v) is 7.44. The van der Waals surface area contributed by atoms with Gasteiger partial charge in [-0.2, -0.15) is 0 Å². The van der Waals surface area contributed by atoms with Gasteiger partial charge in [0.25, 0.3) is 0 Å². The predicted octanol–water partition coefficient (Wildman–Crippen LogP) is 3.90. The summed E-state index contributed by atoms with van der Waals surface area (Å²) in [4.78, 5) is 0. The molecular weight excluding hydrogens is 234 g/mol. The number of nitrogens with two attached hydrogens (primary N) is 1. The fourth-order valence-electron chi connectivity index (χ4n) is 2.78. The van der Waals surface area contributed by atoms with E-state index in [1.807, 2.05) is 0 Å². The van der Waals surface area contributed by atoms with E-state index in [1.54, 1.807) is 0 Å². The zero-order valence-electron chi connectivity index (χ0n) is 12.1. The van der Waals surface area contributed by atoms with Gasteiger partial charge in [-0.15, -0.1) is 0 Å². The van der Waals surface area contributed by atoms with Crippen LogP contribution in [0.25, 0.3) is 6.08 Å². The number of hydrogen-bond donors (Lipinski definition) is 1. The molecule has 104 valence electrons. The zero-order chi connectivity index (χ0) is 13.7. The van der Waals surface area contributed by atoms with Crippen molar-refractivity contribution in [3.05, 3.63) is 41.2 Å². The monoisotopic (exact) mass is 259 g/mol. The Morgan fingerprint density at radius 3 is 2.58 bits per heavy atom. The predicted molar refractivity (Wildman–Crippen MR) is 80.8 cm³/mol. The Morgan fingerprint density at radius 1 is 1.21 bits per heavy atom. The van der Waals surface area contributed by atoms with Crippen LogP contribution in [0.2, 0.25) is 0 Å². The molecule has 0 atom stereocenters. The molecule has 1 aromatic carbocycles. The van der Waals surface area contributed by atoms with Crippen molar-refractivity contribution in [3.63, 3.8) is 0 Å². The molecule has 0 radical (unpaired) electrons. The summed E-state index contributed by atoms with van der Waals surface area (Å²) in [5, 5.41) is 0. The summed E-state index contributed by atoms with van der Waals surface area (Å²) in [6.45, 7) is 5.14. The second-order valence-electron chi connectivity index (χ2n) is 5.39. The number of hydrogen-bond acceptors (Lipinski definition) is 2. The molecule has 0 amide bonds. The highest BCUT2D eigenvalue weighted by Crippen LogP contribution is 2.49. The van der Waals surface area contributed by atoms with Crippen LogP contribution in [-0.2, 0) is 11.2 Å². The molecule has 0 saturated carbocycles. The molecule has 0 bridgehead atoms. The summed E-state index contributed by atoms with van der Waals surface area (Å²) < 4.78 is 5.93. The van der Waals surface area contributed by atoms with Gasteiger partial charge in [0, 0.05) is 0 Å². The van der Waals surface area contributed by atoms with E-state index in [4.69, 9.17) is 10.5 Å². The van der Waals surface area contributed by atoms with E-state index in [0.717, 1.165) is 19.3 Å². The molecule has 2 nitrogen and oxygen atoms in total. The lowest BCUT2D eigenvalue weighted by Gasteiger charge is -2.05. The Bertz CT molecular complexity index is 444. The van der Waals surface area contributed by atoms with Crippen molar-refractivity contribution in [2.45, 2.75) is 51.6 Å². The molecule has 1 saturated heterocycles. The van der Waals surface area contributed by atoms with Crippen LogP contribution in [0.4, 0.5) is 0 Å². The number of benzene rings is 1. The Morgan fingerprint density at radius 2 is 1.95 bits per heavy atom. The third kappa shape index (κ3) is 3.38. The van der Waals surface area contributed by atoms with E-state index in [9.17, 15) is 0 Å². The van der Waals surface area contributed by atoms with E-state index in [2.05, 4.69) is 44.2 Å². The van der Waals surface area contributed by atoms with Crippen LogP contribution in [0.15, 0.2) is 30.0 Å². The first kappa shape index (κ1) is 14.1. The fraction of sp³-hybridized carbons (Fsp3) is 0.529. The lowest BCUT2D eigenvalue weighted by molar-refractivity contribution is 0.274. The molecule has 1 heterocycles. The molecule has 0 unspecified atom stereocenters. The molecule has 2 heteroatoms. The lowest BCUT2D eigenvalue weighted by Crippen LogP contribution is -2.08. The quantitative estimate of drug-likeness (QED) is 0.754. The molecule has 1 aromatic rings. The lowest BCUT2D eigenvalue weighted by atomic mass is 9.96. The first-order chi connectivity index (χ1) is 9.24. The van der Waals surface area contributed by atoms with Crippen LogP contribution in [0, 0.1) is 0 Å². The first-order valence-electron chi connectivity index (χ1n) is 7.44. The van der Waals surface area contributed by atoms with Gasteiger partial charge in [0.05, 0.1) is 0 Å². The maximum Gasteiger partial charge on any atom is 0.165 e. The summed E-state index contributed by atoms with van der Waals surface area (Å²) in [5.74, 6) is 1.17. The fourth-order valence-corrected chi connectivity index (χ4v) is 2.78. The van der Waals surface area contributed by atoms with Crippen molar-refractivity contribution in [2.75, 3.05) is 6.54 Å². The molecule has 0 spiro atoms. The van der Waals surface area contributed by atoms with Crippen molar-refractivity contribution in [3.8, 4) is 0 Å². The summed E-state index contributed by atoms with van der Waals surface area (Å²) in [7, 11) is 0. The van der Waals surface area contributed by atoms with Crippen LogP contribution in [-0.4, -0.2) is 12.1 Å². The Labute approximate surface area is 116 Å².